The van der Waals surface area contributed by atoms with Gasteiger partial charge in [0.15, 0.2) is 0 Å². The number of fused-ring (bicyclic) bond motifs is 5. The second-order valence-electron chi connectivity index (χ2n) is 15.6. The van der Waals surface area contributed by atoms with Crippen molar-refractivity contribution < 1.29 is 9.53 Å². The molecule has 0 radical (unpaired) electrons. The normalized spacial score (nSPS) is 33.8. The molecule has 0 aliphatic heterocycles. The Bertz CT molecular complexity index is 1350. The highest BCUT2D eigenvalue weighted by molar-refractivity contribution is 5.89. The lowest BCUT2D eigenvalue weighted by molar-refractivity contribution is -0.0594. The fraction of sp³-hybridized carbons (Fsp3) is 0.625. The molecule has 4 nitrogen and oxygen atoms in total. The fourth-order valence-electron chi connectivity index (χ4n) is 10.2. The van der Waals surface area contributed by atoms with E-state index in [-0.39, 0.29) is 17.5 Å². The Kier molecular flexibility index (Phi) is 9.18. The monoisotopic (exact) mass is 594 g/mol. The molecule has 2 aromatic rings. The van der Waals surface area contributed by atoms with Crippen LogP contribution >= 0.6 is 0 Å². The van der Waals surface area contributed by atoms with Crippen LogP contribution in [0, 0.1) is 46.3 Å². The maximum Gasteiger partial charge on any atom is 0.338 e. The highest BCUT2D eigenvalue weighted by Crippen LogP contribution is 2.67. The van der Waals surface area contributed by atoms with Crippen molar-refractivity contribution in [2.24, 2.45) is 56.6 Å². The predicted molar refractivity (Wildman–Crippen MR) is 179 cm³/mol. The first-order chi connectivity index (χ1) is 21.2. The number of ether oxygens (including phenoxy) is 1. The zero-order valence-electron chi connectivity index (χ0n) is 27.8. The van der Waals surface area contributed by atoms with Gasteiger partial charge < -0.3 is 4.74 Å². The summed E-state index contributed by atoms with van der Waals surface area (Å²) in [5.41, 5.74) is 4.46. The van der Waals surface area contributed by atoms with E-state index in [2.05, 4.69) is 50.9 Å². The lowest BCUT2D eigenvalue weighted by Gasteiger charge is -2.58. The van der Waals surface area contributed by atoms with Crippen molar-refractivity contribution >= 4 is 17.3 Å². The number of carbonyl (C=O) groups is 1. The van der Waals surface area contributed by atoms with Gasteiger partial charge in [-0.2, -0.15) is 10.2 Å². The molecule has 4 aliphatic carbocycles. The summed E-state index contributed by atoms with van der Waals surface area (Å²) in [6.07, 6.45) is 16.6. The van der Waals surface area contributed by atoms with E-state index >= 15 is 0 Å². The SMILES string of the molecule is CC(C)CCC[C@@H](C)[C@H]1CCC2C3CC=C4CC(OC(=O)c5ccc(N=Nc6ccccc6)cc5)CC[C@]4(C)C3CC[C@@]21C. The molecule has 8 atom stereocenters. The number of hydrogen-bond donors (Lipinski definition) is 0. The van der Waals surface area contributed by atoms with E-state index in [4.69, 9.17) is 4.74 Å². The standard InChI is InChI=1S/C40H54N2O2/c1-27(2)10-9-11-28(3)35-20-21-36-34-19-16-30-26-33(22-24-39(30,4)37(34)23-25-40(35,36)5)44-38(43)29-14-17-32(18-15-29)42-41-31-12-7-6-8-13-31/h6-8,12-18,27-28,33-37H,9-11,19-26H2,1-5H3/t28-,33?,34?,35-,36?,37?,39+,40-/m1/s1. The third-order valence-corrected chi connectivity index (χ3v) is 12.7. The average molecular weight is 595 g/mol. The maximum absolute atomic E-state index is 13.1. The summed E-state index contributed by atoms with van der Waals surface area (Å²) in [7, 11) is 0. The zero-order valence-corrected chi connectivity index (χ0v) is 27.8. The van der Waals surface area contributed by atoms with Crippen LogP contribution < -0.4 is 0 Å². The quantitative estimate of drug-likeness (QED) is 0.165. The predicted octanol–water partition coefficient (Wildman–Crippen LogP) is 11.7. The Balaban J connectivity index is 1.06. The van der Waals surface area contributed by atoms with E-state index < -0.39 is 0 Å². The number of esters is 1. The van der Waals surface area contributed by atoms with Crippen LogP contribution in [0.5, 0.6) is 0 Å². The smallest absolute Gasteiger partial charge is 0.338 e. The highest BCUT2D eigenvalue weighted by Gasteiger charge is 2.59. The van der Waals surface area contributed by atoms with Crippen molar-refractivity contribution in [2.45, 2.75) is 111 Å². The molecule has 6 rings (SSSR count). The van der Waals surface area contributed by atoms with Crippen LogP contribution in [0.1, 0.15) is 116 Å². The van der Waals surface area contributed by atoms with Gasteiger partial charge >= 0.3 is 5.97 Å². The molecular weight excluding hydrogens is 540 g/mol. The second-order valence-corrected chi connectivity index (χ2v) is 15.6. The molecule has 0 heterocycles. The topological polar surface area (TPSA) is 51.0 Å². The summed E-state index contributed by atoms with van der Waals surface area (Å²) in [5, 5.41) is 8.57. The maximum atomic E-state index is 13.1. The lowest BCUT2D eigenvalue weighted by Crippen LogP contribution is -2.51. The summed E-state index contributed by atoms with van der Waals surface area (Å²) >= 11 is 0. The van der Waals surface area contributed by atoms with E-state index in [1.807, 2.05) is 42.5 Å². The number of rotatable bonds is 9. The number of nitrogens with zero attached hydrogens (tertiary/aromatic N) is 2. The molecule has 0 spiro atoms. The molecule has 0 aromatic heterocycles. The Morgan fingerprint density at radius 1 is 0.864 bits per heavy atom. The largest absolute Gasteiger partial charge is 0.458 e. The van der Waals surface area contributed by atoms with Gasteiger partial charge in [0.1, 0.15) is 6.10 Å². The minimum atomic E-state index is -0.229. The van der Waals surface area contributed by atoms with Crippen LogP contribution in [0.15, 0.2) is 76.5 Å². The van der Waals surface area contributed by atoms with Gasteiger partial charge in [0.2, 0.25) is 0 Å². The van der Waals surface area contributed by atoms with Gasteiger partial charge in [-0.15, -0.1) is 0 Å². The van der Waals surface area contributed by atoms with Gasteiger partial charge in [-0.3, -0.25) is 0 Å². The van der Waals surface area contributed by atoms with Crippen LogP contribution in [0.2, 0.25) is 0 Å². The van der Waals surface area contributed by atoms with Gasteiger partial charge in [0, 0.05) is 6.42 Å². The summed E-state index contributed by atoms with van der Waals surface area (Å²) in [5.74, 6) is 4.82. The van der Waals surface area contributed by atoms with Crippen molar-refractivity contribution in [3.8, 4) is 0 Å². The third kappa shape index (κ3) is 6.20. The molecule has 4 aliphatic rings. The molecule has 44 heavy (non-hydrogen) atoms. The molecule has 4 unspecified atom stereocenters. The van der Waals surface area contributed by atoms with Gasteiger partial charge in [-0.05, 0) is 128 Å². The minimum Gasteiger partial charge on any atom is -0.458 e. The minimum absolute atomic E-state index is 0.0350. The van der Waals surface area contributed by atoms with Gasteiger partial charge in [-0.1, -0.05) is 83.7 Å². The number of allylic oxidation sites excluding steroid dienone is 1. The summed E-state index contributed by atoms with van der Waals surface area (Å²) in [6, 6.07) is 16.9. The molecule has 0 bridgehead atoms. The molecule has 3 fully saturated rings. The number of hydrogen-bond acceptors (Lipinski definition) is 4. The fourth-order valence-corrected chi connectivity index (χ4v) is 10.2. The summed E-state index contributed by atoms with van der Waals surface area (Å²) in [6.45, 7) is 12.5. The molecule has 3 saturated carbocycles. The Morgan fingerprint density at radius 3 is 2.32 bits per heavy atom. The first-order valence-electron chi connectivity index (χ1n) is 17.6. The van der Waals surface area contributed by atoms with Crippen molar-refractivity contribution in [3.63, 3.8) is 0 Å². The van der Waals surface area contributed by atoms with Crippen LogP contribution in [-0.2, 0) is 4.74 Å². The average Bonchev–Trinajstić information content (AvgIpc) is 3.38. The van der Waals surface area contributed by atoms with Crippen LogP contribution in [0.25, 0.3) is 0 Å². The van der Waals surface area contributed by atoms with Crippen molar-refractivity contribution in [1.82, 2.24) is 0 Å². The first kappa shape index (κ1) is 31.2. The Labute approximate surface area is 266 Å². The van der Waals surface area contributed by atoms with E-state index in [0.717, 1.165) is 66.1 Å². The van der Waals surface area contributed by atoms with E-state index in [1.54, 1.807) is 17.7 Å². The van der Waals surface area contributed by atoms with Crippen LogP contribution in [0.4, 0.5) is 11.4 Å². The van der Waals surface area contributed by atoms with E-state index in [9.17, 15) is 4.79 Å². The molecule has 236 valence electrons. The van der Waals surface area contributed by atoms with E-state index in [1.165, 1.54) is 51.4 Å². The first-order valence-corrected chi connectivity index (χ1v) is 17.6. The van der Waals surface area contributed by atoms with Crippen molar-refractivity contribution in [2.75, 3.05) is 0 Å². The highest BCUT2D eigenvalue weighted by atomic mass is 16.5. The third-order valence-electron chi connectivity index (χ3n) is 12.7. The Hall–Kier alpha value is -2.75. The molecule has 2 aromatic carbocycles. The van der Waals surface area contributed by atoms with Crippen LogP contribution in [-0.4, -0.2) is 12.1 Å². The Morgan fingerprint density at radius 2 is 1.59 bits per heavy atom. The molecule has 0 saturated heterocycles. The molecular formula is C40H54N2O2. The van der Waals surface area contributed by atoms with Gasteiger partial charge in [0.05, 0.1) is 16.9 Å². The lowest BCUT2D eigenvalue weighted by atomic mass is 9.47. The van der Waals surface area contributed by atoms with Crippen molar-refractivity contribution in [1.29, 1.82) is 0 Å². The molecule has 0 amide bonds. The van der Waals surface area contributed by atoms with Gasteiger partial charge in [0.25, 0.3) is 0 Å². The summed E-state index contributed by atoms with van der Waals surface area (Å²) in [4.78, 5) is 13.1. The second kappa shape index (κ2) is 12.9. The van der Waals surface area contributed by atoms with Crippen molar-refractivity contribution in [3.05, 3.63) is 71.8 Å². The number of carbonyl (C=O) groups excluding carboxylic acids is 1. The summed E-state index contributed by atoms with van der Waals surface area (Å²) < 4.78 is 6.12. The van der Waals surface area contributed by atoms with E-state index in [0.29, 0.717) is 11.0 Å². The number of benzene rings is 2. The molecule has 4 heteroatoms. The molecule has 0 N–H and O–H groups in total. The van der Waals surface area contributed by atoms with Crippen LogP contribution in [0.3, 0.4) is 0 Å². The zero-order chi connectivity index (χ0) is 30.9. The van der Waals surface area contributed by atoms with Gasteiger partial charge in [-0.25, -0.2) is 4.79 Å². The number of azo groups is 1.